The van der Waals surface area contributed by atoms with Crippen LogP contribution in [0, 0.1) is 29.6 Å². The van der Waals surface area contributed by atoms with Gasteiger partial charge in [-0.2, -0.15) is 10.5 Å². The average molecular weight is 573 g/mol. The molecule has 13 heteroatoms. The van der Waals surface area contributed by atoms with Crippen molar-refractivity contribution >= 4 is 33.2 Å². The van der Waals surface area contributed by atoms with E-state index in [1.807, 2.05) is 12.1 Å². The Labute approximate surface area is 232 Å². The van der Waals surface area contributed by atoms with Crippen LogP contribution >= 0.6 is 0 Å². The highest BCUT2D eigenvalue weighted by atomic mass is 32.2. The summed E-state index contributed by atoms with van der Waals surface area (Å²) in [6.07, 6.45) is -0.359. The SMILES string of the molecule is Cc1c(C#N)c(C#N)nc(N2CCCC(F)(F)CC2)c1C(=O)Nc1cccc([S@@](C)(=O)=NC(=O)OC(C)(C)C)c1. The minimum absolute atomic E-state index is 0.0265. The zero-order valence-corrected chi connectivity index (χ0v) is 23.7. The number of nitrogens with one attached hydrogen (secondary N) is 1. The molecule has 0 radical (unpaired) electrons. The third-order valence-electron chi connectivity index (χ3n) is 6.06. The highest BCUT2D eigenvalue weighted by Crippen LogP contribution is 2.33. The minimum Gasteiger partial charge on any atom is -0.442 e. The van der Waals surface area contributed by atoms with Crippen molar-refractivity contribution < 1.29 is 27.3 Å². The molecule has 1 aromatic carbocycles. The third kappa shape index (κ3) is 7.30. The van der Waals surface area contributed by atoms with Gasteiger partial charge in [-0.25, -0.2) is 22.8 Å². The normalized spacial score (nSPS) is 16.5. The Morgan fingerprint density at radius 1 is 1.20 bits per heavy atom. The maximum absolute atomic E-state index is 14.1. The van der Waals surface area contributed by atoms with Crippen LogP contribution < -0.4 is 10.2 Å². The number of carbonyl (C=O) groups is 2. The largest absolute Gasteiger partial charge is 0.442 e. The zero-order valence-electron chi connectivity index (χ0n) is 22.9. The summed E-state index contributed by atoms with van der Waals surface area (Å²) in [6, 6.07) is 9.65. The topological polar surface area (TPSA) is 149 Å². The Bertz CT molecular complexity index is 1550. The number of nitrogens with zero attached hydrogens (tertiary/aromatic N) is 5. The second-order valence-electron chi connectivity index (χ2n) is 10.4. The molecule has 1 aliphatic heterocycles. The predicted octanol–water partition coefficient (Wildman–Crippen LogP) is 5.40. The summed E-state index contributed by atoms with van der Waals surface area (Å²) in [5, 5.41) is 21.9. The van der Waals surface area contributed by atoms with Crippen LogP contribution in [0.3, 0.4) is 0 Å². The molecule has 1 atom stereocenters. The van der Waals surface area contributed by atoms with Crippen LogP contribution in [0.25, 0.3) is 0 Å². The number of halogens is 2. The van der Waals surface area contributed by atoms with E-state index in [0.717, 1.165) is 0 Å². The molecule has 0 aliphatic carbocycles. The molecule has 10 nitrogen and oxygen atoms in total. The zero-order chi connectivity index (χ0) is 29.9. The molecule has 3 rings (SSSR count). The van der Waals surface area contributed by atoms with E-state index in [1.54, 1.807) is 20.8 Å². The van der Waals surface area contributed by atoms with Crippen molar-refractivity contribution in [2.45, 2.75) is 63.4 Å². The van der Waals surface area contributed by atoms with E-state index in [0.29, 0.717) is 0 Å². The van der Waals surface area contributed by atoms with Crippen LogP contribution in [0.5, 0.6) is 0 Å². The number of pyridine rings is 1. The smallest absolute Gasteiger partial charge is 0.442 e. The van der Waals surface area contributed by atoms with Gasteiger partial charge in [0.15, 0.2) is 5.69 Å². The van der Waals surface area contributed by atoms with E-state index in [-0.39, 0.29) is 64.7 Å². The Morgan fingerprint density at radius 2 is 1.90 bits per heavy atom. The molecule has 0 unspecified atom stereocenters. The Morgan fingerprint density at radius 3 is 2.52 bits per heavy atom. The molecule has 2 heterocycles. The number of benzene rings is 1. The molecular formula is C27H30F2N6O4S. The molecule has 1 fully saturated rings. The first-order chi connectivity index (χ1) is 18.6. The monoisotopic (exact) mass is 572 g/mol. The molecule has 1 N–H and O–H groups in total. The van der Waals surface area contributed by atoms with E-state index in [1.165, 1.54) is 42.3 Å². The van der Waals surface area contributed by atoms with Gasteiger partial charge in [-0.3, -0.25) is 4.79 Å². The second kappa shape index (κ2) is 11.6. The van der Waals surface area contributed by atoms with Gasteiger partial charge in [-0.1, -0.05) is 6.07 Å². The number of carbonyl (C=O) groups excluding carboxylic acids is 2. The van der Waals surface area contributed by atoms with Gasteiger partial charge in [0.05, 0.1) is 20.9 Å². The van der Waals surface area contributed by atoms with Crippen molar-refractivity contribution in [2.24, 2.45) is 4.36 Å². The summed E-state index contributed by atoms with van der Waals surface area (Å²) in [5.74, 6) is -3.55. The molecule has 212 valence electrons. The lowest BCUT2D eigenvalue weighted by molar-refractivity contribution is -0.0102. The van der Waals surface area contributed by atoms with Crippen molar-refractivity contribution in [2.75, 3.05) is 29.6 Å². The number of alkyl halides is 2. The van der Waals surface area contributed by atoms with Crippen molar-refractivity contribution in [1.29, 1.82) is 10.5 Å². The molecule has 2 aromatic rings. The van der Waals surface area contributed by atoms with Crippen LogP contribution in [0.15, 0.2) is 33.5 Å². The maximum Gasteiger partial charge on any atom is 0.442 e. The number of aromatic nitrogens is 1. The summed E-state index contributed by atoms with van der Waals surface area (Å²) < 4.78 is 50.2. The first-order valence-corrected chi connectivity index (χ1v) is 14.3. The third-order valence-corrected chi connectivity index (χ3v) is 7.69. The van der Waals surface area contributed by atoms with Crippen LogP contribution in [0.1, 0.15) is 67.2 Å². The highest BCUT2D eigenvalue weighted by Gasteiger charge is 2.34. The van der Waals surface area contributed by atoms with Gasteiger partial charge in [0.25, 0.3) is 5.91 Å². The molecule has 40 heavy (non-hydrogen) atoms. The van der Waals surface area contributed by atoms with E-state index < -0.39 is 39.7 Å². The number of anilines is 2. The van der Waals surface area contributed by atoms with Crippen LogP contribution in [-0.2, 0) is 14.5 Å². The van der Waals surface area contributed by atoms with Gasteiger partial charge < -0.3 is 15.0 Å². The minimum atomic E-state index is -3.24. The van der Waals surface area contributed by atoms with Gasteiger partial charge in [0.2, 0.25) is 5.92 Å². The van der Waals surface area contributed by atoms with Gasteiger partial charge in [-0.15, -0.1) is 4.36 Å². The molecule has 2 amide bonds. The molecule has 1 aromatic heterocycles. The Hall–Kier alpha value is -4.10. The number of nitriles is 2. The molecule has 0 spiro atoms. The van der Waals surface area contributed by atoms with E-state index in [2.05, 4.69) is 14.7 Å². The maximum atomic E-state index is 14.1. The molecule has 1 aliphatic rings. The number of ether oxygens (including phenoxy) is 1. The quantitative estimate of drug-likeness (QED) is 0.512. The van der Waals surface area contributed by atoms with Crippen molar-refractivity contribution in [3.63, 3.8) is 0 Å². The standard InChI is InChI=1S/C27H30F2N6O4S/c1-17-20(15-30)21(16-31)33-23(35-12-7-10-27(28,29)11-13-35)22(17)24(36)32-18-8-6-9-19(14-18)40(5,38)34-25(37)39-26(2,3)4/h6,8-9,14H,7,10-13H2,1-5H3,(H,32,36)/t40-/m1/s1. The van der Waals surface area contributed by atoms with Crippen LogP contribution in [0.2, 0.25) is 0 Å². The lowest BCUT2D eigenvalue weighted by Crippen LogP contribution is -2.30. The number of hydrogen-bond acceptors (Lipinski definition) is 8. The van der Waals surface area contributed by atoms with E-state index in [9.17, 15) is 33.1 Å². The highest BCUT2D eigenvalue weighted by molar-refractivity contribution is 7.93. The van der Waals surface area contributed by atoms with Gasteiger partial charge in [-0.05, 0) is 57.9 Å². The summed E-state index contributed by atoms with van der Waals surface area (Å²) in [6.45, 7) is 6.52. The second-order valence-corrected chi connectivity index (χ2v) is 12.7. The fraction of sp³-hybridized carbons (Fsp3) is 0.444. The van der Waals surface area contributed by atoms with Crippen molar-refractivity contribution in [3.8, 4) is 12.1 Å². The summed E-state index contributed by atoms with van der Waals surface area (Å²) in [7, 11) is -3.24. The molecule has 1 saturated heterocycles. The molecule has 0 bridgehead atoms. The number of rotatable bonds is 4. The van der Waals surface area contributed by atoms with Crippen LogP contribution in [-0.4, -0.2) is 52.1 Å². The first-order valence-electron chi connectivity index (χ1n) is 12.4. The first kappa shape index (κ1) is 30.4. The lowest BCUT2D eigenvalue weighted by atomic mass is 10.0. The van der Waals surface area contributed by atoms with Crippen LogP contribution in [0.4, 0.5) is 25.1 Å². The van der Waals surface area contributed by atoms with Gasteiger partial charge >= 0.3 is 6.09 Å². The summed E-state index contributed by atoms with van der Waals surface area (Å²) in [4.78, 5) is 31.7. The van der Waals surface area contributed by atoms with E-state index in [4.69, 9.17) is 4.74 Å². The summed E-state index contributed by atoms with van der Waals surface area (Å²) in [5.41, 5.74) is -0.804. The molecular weight excluding hydrogens is 542 g/mol. The predicted molar refractivity (Wildman–Crippen MR) is 145 cm³/mol. The Kier molecular flexibility index (Phi) is 8.80. The molecule has 0 saturated carbocycles. The van der Waals surface area contributed by atoms with E-state index >= 15 is 0 Å². The lowest BCUT2D eigenvalue weighted by Gasteiger charge is -2.25. The van der Waals surface area contributed by atoms with Gasteiger partial charge in [0, 0.05) is 42.8 Å². The van der Waals surface area contributed by atoms with Crippen molar-refractivity contribution in [3.05, 3.63) is 46.6 Å². The van der Waals surface area contributed by atoms with Crippen molar-refractivity contribution in [1.82, 2.24) is 4.98 Å². The summed E-state index contributed by atoms with van der Waals surface area (Å²) >= 11 is 0. The number of hydrogen-bond donors (Lipinski definition) is 1. The number of amides is 2. The fourth-order valence-electron chi connectivity index (χ4n) is 4.16. The van der Waals surface area contributed by atoms with Gasteiger partial charge in [0.1, 0.15) is 23.6 Å². The average Bonchev–Trinajstić information content (AvgIpc) is 3.02. The fourth-order valence-corrected chi connectivity index (χ4v) is 5.26. The Balaban J connectivity index is 2.02.